The summed E-state index contributed by atoms with van der Waals surface area (Å²) in [4.78, 5) is 7.20. The molecule has 0 unspecified atom stereocenters. The Bertz CT molecular complexity index is 344. The molecule has 1 fully saturated rings. The van der Waals surface area contributed by atoms with Crippen LogP contribution in [0.25, 0.3) is 0 Å². The fraction of sp³-hybridized carbons (Fsp3) is 0.750. The lowest BCUT2D eigenvalue weighted by atomic mass is 10.2. The smallest absolute Gasteiger partial charge is 0.0954 e. The van der Waals surface area contributed by atoms with Gasteiger partial charge in [0.15, 0.2) is 0 Å². The first kappa shape index (κ1) is 18.1. The molecule has 0 saturated carbocycles. The number of nitrogens with zero attached hydrogens (tertiary/aromatic N) is 2. The van der Waals surface area contributed by atoms with Gasteiger partial charge in [-0.1, -0.05) is 13.8 Å². The zero-order chi connectivity index (χ0) is 11.5. The lowest BCUT2D eigenvalue weighted by molar-refractivity contribution is 0.164. The summed E-state index contributed by atoms with van der Waals surface area (Å²) in [5.74, 6) is 0.555. The normalized spacial score (nSPS) is 20.3. The Morgan fingerprint density at radius 1 is 1.50 bits per heavy atom. The molecule has 0 amide bonds. The van der Waals surface area contributed by atoms with Crippen molar-refractivity contribution in [2.75, 3.05) is 19.6 Å². The molecule has 1 aliphatic heterocycles. The maximum absolute atomic E-state index is 4.69. The van der Waals surface area contributed by atoms with E-state index in [1.54, 1.807) is 11.3 Å². The Morgan fingerprint density at radius 2 is 2.22 bits per heavy atom. The van der Waals surface area contributed by atoms with Crippen molar-refractivity contribution in [3.8, 4) is 0 Å². The number of piperazine rings is 1. The topological polar surface area (TPSA) is 28.2 Å². The van der Waals surface area contributed by atoms with E-state index < -0.39 is 0 Å². The van der Waals surface area contributed by atoms with Crippen LogP contribution in [0.5, 0.6) is 0 Å². The average Bonchev–Trinajstić information content (AvgIpc) is 2.70. The molecule has 1 atom stereocenters. The zero-order valence-corrected chi connectivity index (χ0v) is 13.6. The summed E-state index contributed by atoms with van der Waals surface area (Å²) in [6.45, 7) is 11.0. The van der Waals surface area contributed by atoms with Crippen molar-refractivity contribution in [3.05, 3.63) is 16.1 Å². The number of hydrogen-bond donors (Lipinski definition) is 1. The minimum absolute atomic E-state index is 0. The van der Waals surface area contributed by atoms with E-state index in [-0.39, 0.29) is 24.8 Å². The van der Waals surface area contributed by atoms with Crippen molar-refractivity contribution < 1.29 is 0 Å². The van der Waals surface area contributed by atoms with Gasteiger partial charge in [0.25, 0.3) is 0 Å². The second-order valence-electron chi connectivity index (χ2n) is 4.86. The number of nitrogens with one attached hydrogen (secondary N) is 1. The van der Waals surface area contributed by atoms with Crippen LogP contribution in [0.4, 0.5) is 0 Å². The summed E-state index contributed by atoms with van der Waals surface area (Å²) >= 11 is 1.79. The molecule has 2 rings (SSSR count). The molecule has 1 aliphatic rings. The summed E-state index contributed by atoms with van der Waals surface area (Å²) < 4.78 is 0. The molecular weight excluding hydrogens is 289 g/mol. The summed E-state index contributed by atoms with van der Waals surface area (Å²) in [5.41, 5.74) is 1.24. The Kier molecular flexibility index (Phi) is 8.39. The van der Waals surface area contributed by atoms with Gasteiger partial charge < -0.3 is 5.32 Å². The molecule has 2 heterocycles. The highest BCUT2D eigenvalue weighted by atomic mass is 35.5. The van der Waals surface area contributed by atoms with E-state index in [2.05, 4.69) is 36.4 Å². The SMILES string of the molecule is CC(C)c1nc(CN2CCNC[C@@H]2C)cs1.Cl.Cl. The summed E-state index contributed by atoms with van der Waals surface area (Å²) in [5, 5.41) is 6.89. The van der Waals surface area contributed by atoms with Gasteiger partial charge in [-0.25, -0.2) is 4.98 Å². The Morgan fingerprint density at radius 3 is 2.78 bits per heavy atom. The van der Waals surface area contributed by atoms with Gasteiger partial charge >= 0.3 is 0 Å². The fourth-order valence-electron chi connectivity index (χ4n) is 1.99. The lowest BCUT2D eigenvalue weighted by Crippen LogP contribution is -2.49. The van der Waals surface area contributed by atoms with Gasteiger partial charge in [-0.2, -0.15) is 0 Å². The zero-order valence-electron chi connectivity index (χ0n) is 11.2. The van der Waals surface area contributed by atoms with Gasteiger partial charge in [-0.15, -0.1) is 36.2 Å². The lowest BCUT2D eigenvalue weighted by Gasteiger charge is -2.33. The average molecular weight is 312 g/mol. The summed E-state index contributed by atoms with van der Waals surface area (Å²) in [6.07, 6.45) is 0. The third-order valence-electron chi connectivity index (χ3n) is 3.07. The van der Waals surface area contributed by atoms with E-state index in [0.717, 1.165) is 26.2 Å². The maximum atomic E-state index is 4.69. The van der Waals surface area contributed by atoms with Gasteiger partial charge in [0, 0.05) is 43.5 Å². The van der Waals surface area contributed by atoms with Gasteiger partial charge in [0.2, 0.25) is 0 Å². The minimum Gasteiger partial charge on any atom is -0.314 e. The van der Waals surface area contributed by atoms with Gasteiger partial charge in [-0.3, -0.25) is 4.90 Å². The molecule has 1 saturated heterocycles. The molecule has 0 spiro atoms. The summed E-state index contributed by atoms with van der Waals surface area (Å²) in [7, 11) is 0. The molecular formula is C12H23Cl2N3S. The number of aromatic nitrogens is 1. The number of thiazole rings is 1. The highest BCUT2D eigenvalue weighted by Crippen LogP contribution is 2.20. The number of rotatable bonds is 3. The quantitative estimate of drug-likeness (QED) is 0.930. The largest absolute Gasteiger partial charge is 0.314 e. The van der Waals surface area contributed by atoms with Crippen LogP contribution in [-0.2, 0) is 6.54 Å². The van der Waals surface area contributed by atoms with Crippen molar-refractivity contribution in [3.63, 3.8) is 0 Å². The number of hydrogen-bond acceptors (Lipinski definition) is 4. The van der Waals surface area contributed by atoms with Crippen molar-refractivity contribution in [2.45, 2.75) is 39.3 Å². The first-order valence-electron chi connectivity index (χ1n) is 6.06. The Hall–Kier alpha value is 0.130. The van der Waals surface area contributed by atoms with Crippen LogP contribution in [0.2, 0.25) is 0 Å². The molecule has 0 aromatic carbocycles. The van der Waals surface area contributed by atoms with E-state index in [1.165, 1.54) is 10.7 Å². The van der Waals surface area contributed by atoms with Crippen LogP contribution in [-0.4, -0.2) is 35.6 Å². The molecule has 3 nitrogen and oxygen atoms in total. The van der Waals surface area contributed by atoms with Gasteiger partial charge in [0.1, 0.15) is 0 Å². The fourth-order valence-corrected chi connectivity index (χ4v) is 2.81. The van der Waals surface area contributed by atoms with Crippen LogP contribution in [0.3, 0.4) is 0 Å². The van der Waals surface area contributed by atoms with Gasteiger partial charge in [-0.05, 0) is 6.92 Å². The molecule has 0 aliphatic carbocycles. The van der Waals surface area contributed by atoms with E-state index in [0.29, 0.717) is 12.0 Å². The summed E-state index contributed by atoms with van der Waals surface area (Å²) in [6, 6.07) is 0.623. The van der Waals surface area contributed by atoms with E-state index >= 15 is 0 Å². The molecule has 6 heteroatoms. The van der Waals surface area contributed by atoms with E-state index in [9.17, 15) is 0 Å². The first-order chi connectivity index (χ1) is 7.66. The van der Waals surface area contributed by atoms with Crippen LogP contribution >= 0.6 is 36.2 Å². The monoisotopic (exact) mass is 311 g/mol. The standard InChI is InChI=1S/C12H21N3S.2ClH/c1-9(2)12-14-11(8-16-12)7-15-5-4-13-6-10(15)3;;/h8-10,13H,4-7H2,1-3H3;2*1H/t10-;;/m0../s1. The van der Waals surface area contributed by atoms with E-state index in [1.807, 2.05) is 0 Å². The third-order valence-corrected chi connectivity index (χ3v) is 4.26. The van der Waals surface area contributed by atoms with Gasteiger partial charge in [0.05, 0.1) is 10.7 Å². The highest BCUT2D eigenvalue weighted by molar-refractivity contribution is 7.09. The van der Waals surface area contributed by atoms with Crippen LogP contribution in [0, 0.1) is 0 Å². The van der Waals surface area contributed by atoms with Crippen molar-refractivity contribution in [1.82, 2.24) is 15.2 Å². The second-order valence-corrected chi connectivity index (χ2v) is 5.75. The number of halogens is 2. The Balaban J connectivity index is 0.00000144. The van der Waals surface area contributed by atoms with Crippen molar-refractivity contribution in [2.24, 2.45) is 0 Å². The highest BCUT2D eigenvalue weighted by Gasteiger charge is 2.18. The van der Waals surface area contributed by atoms with Crippen LogP contribution < -0.4 is 5.32 Å². The maximum Gasteiger partial charge on any atom is 0.0954 e. The molecule has 1 N–H and O–H groups in total. The molecule has 0 radical (unpaired) electrons. The second kappa shape index (κ2) is 8.33. The third kappa shape index (κ3) is 4.67. The minimum atomic E-state index is 0. The molecule has 1 aromatic heterocycles. The first-order valence-corrected chi connectivity index (χ1v) is 6.94. The molecule has 1 aromatic rings. The van der Waals surface area contributed by atoms with Crippen molar-refractivity contribution in [1.29, 1.82) is 0 Å². The Labute approximate surface area is 126 Å². The molecule has 18 heavy (non-hydrogen) atoms. The van der Waals surface area contributed by atoms with E-state index in [4.69, 9.17) is 4.98 Å². The van der Waals surface area contributed by atoms with Crippen LogP contribution in [0.15, 0.2) is 5.38 Å². The van der Waals surface area contributed by atoms with Crippen molar-refractivity contribution >= 4 is 36.2 Å². The molecule has 106 valence electrons. The predicted octanol–water partition coefficient (Wildman–Crippen LogP) is 2.90. The predicted molar refractivity (Wildman–Crippen MR) is 83.4 cm³/mol. The molecule has 0 bridgehead atoms. The van der Waals surface area contributed by atoms with Crippen LogP contribution in [0.1, 0.15) is 37.4 Å².